The summed E-state index contributed by atoms with van der Waals surface area (Å²) in [6.07, 6.45) is 16.4. The first-order valence-corrected chi connectivity index (χ1v) is 20.2. The number of hydrogen-bond donors (Lipinski definition) is 2. The average molecular weight is 659 g/mol. The van der Waals surface area contributed by atoms with Crippen molar-refractivity contribution in [3.8, 4) is 0 Å². The molecule has 1 saturated heterocycles. The van der Waals surface area contributed by atoms with Crippen LogP contribution in [0.2, 0.25) is 0 Å². The lowest BCUT2D eigenvalue weighted by atomic mass is 9.32. The minimum absolute atomic E-state index is 0.0335. The zero-order chi connectivity index (χ0) is 34.0. The van der Waals surface area contributed by atoms with E-state index in [9.17, 15) is 5.11 Å². The van der Waals surface area contributed by atoms with Crippen molar-refractivity contribution in [1.82, 2.24) is 20.1 Å². The predicted octanol–water partition coefficient (Wildman–Crippen LogP) is 8.20. The number of nitrogens with zero attached hydrogens (tertiary/aromatic N) is 3. The molecule has 48 heavy (non-hydrogen) atoms. The van der Waals surface area contributed by atoms with E-state index in [4.69, 9.17) is 0 Å². The first-order chi connectivity index (χ1) is 22.8. The lowest BCUT2D eigenvalue weighted by Crippen LogP contribution is -2.66. The van der Waals surface area contributed by atoms with Gasteiger partial charge < -0.3 is 10.4 Å². The Morgan fingerprint density at radius 1 is 0.854 bits per heavy atom. The number of nitrogens with one attached hydrogen (secondary N) is 1. The third kappa shape index (κ3) is 5.68. The molecule has 2 heterocycles. The molecule has 5 heteroatoms. The van der Waals surface area contributed by atoms with Crippen LogP contribution in [0.25, 0.3) is 0 Å². The van der Waals surface area contributed by atoms with Crippen LogP contribution < -0.4 is 5.32 Å². The van der Waals surface area contributed by atoms with E-state index in [1.165, 1.54) is 95.1 Å². The second-order valence-electron chi connectivity index (χ2n) is 19.4. The first kappa shape index (κ1) is 35.1. The molecule has 0 radical (unpaired) electrons. The van der Waals surface area contributed by atoms with Crippen molar-refractivity contribution in [2.75, 3.05) is 45.8 Å². The molecule has 0 spiro atoms. The van der Waals surface area contributed by atoms with Crippen molar-refractivity contribution in [3.63, 3.8) is 0 Å². The fourth-order valence-electron chi connectivity index (χ4n) is 14.3. The van der Waals surface area contributed by atoms with Gasteiger partial charge in [0, 0.05) is 52.0 Å². The second kappa shape index (κ2) is 13.1. The number of aliphatic hydroxyl groups excluding tert-OH is 1. The molecule has 1 aliphatic heterocycles. The largest absolute Gasteiger partial charge is 0.393 e. The quantitative estimate of drug-likeness (QED) is 0.207. The molecule has 7 rings (SSSR count). The average Bonchev–Trinajstić information content (AvgIpc) is 3.45. The Bertz CT molecular complexity index is 1290. The van der Waals surface area contributed by atoms with Crippen LogP contribution in [0.1, 0.15) is 118 Å². The Balaban J connectivity index is 0.985. The van der Waals surface area contributed by atoms with E-state index in [1.54, 1.807) is 0 Å². The van der Waals surface area contributed by atoms with Gasteiger partial charge in [0.15, 0.2) is 0 Å². The minimum atomic E-state index is -0.140. The molecule has 0 bridgehead atoms. The van der Waals surface area contributed by atoms with Crippen molar-refractivity contribution >= 4 is 0 Å². The van der Waals surface area contributed by atoms with Crippen LogP contribution in [-0.2, 0) is 6.54 Å². The van der Waals surface area contributed by atoms with E-state index in [0.29, 0.717) is 33.5 Å². The molecular weight excluding hydrogens is 589 g/mol. The number of pyridine rings is 1. The van der Waals surface area contributed by atoms with Gasteiger partial charge in [0.05, 0.1) is 11.8 Å². The van der Waals surface area contributed by atoms with Crippen LogP contribution in [0.15, 0.2) is 36.5 Å². The Hall–Kier alpha value is -1.27. The summed E-state index contributed by atoms with van der Waals surface area (Å²) in [6, 6.07) is 6.25. The fourth-order valence-corrected chi connectivity index (χ4v) is 14.3. The molecule has 10 atom stereocenters. The topological polar surface area (TPSA) is 51.6 Å². The van der Waals surface area contributed by atoms with Gasteiger partial charge in [-0.05, 0) is 153 Å². The summed E-state index contributed by atoms with van der Waals surface area (Å²) >= 11 is 0. The molecule has 5 nitrogen and oxygen atoms in total. The standard InChI is InChI=1S/C43H70N4O/c1-31(2)33-13-18-43(21-23-44-24-25-46-26-28-47(29-27-46)30-32-10-8-9-22-45-32)20-19-41(6)34(38(33)43)11-12-36-40(5)16-15-37(48)39(3,4)35(40)14-17-42(36,41)7/h8-10,22,33-38,44,48H,1,11-21,23-30H2,2-7H3/t33-,34+,35-,36+,37-,38+,40-,41+,42+,43+/m0/s1. The summed E-state index contributed by atoms with van der Waals surface area (Å²) in [5.41, 5.74) is 4.33. The minimum Gasteiger partial charge on any atom is -0.393 e. The van der Waals surface area contributed by atoms with Gasteiger partial charge in [0.2, 0.25) is 0 Å². The van der Waals surface area contributed by atoms with Crippen LogP contribution in [0.5, 0.6) is 0 Å². The number of aliphatic hydroxyl groups is 1. The highest BCUT2D eigenvalue weighted by molar-refractivity contribution is 5.21. The van der Waals surface area contributed by atoms with E-state index in [2.05, 4.69) is 80.4 Å². The van der Waals surface area contributed by atoms with Gasteiger partial charge in [-0.1, -0.05) is 52.8 Å². The number of aromatic nitrogens is 1. The summed E-state index contributed by atoms with van der Waals surface area (Å²) in [5, 5.41) is 15.1. The van der Waals surface area contributed by atoms with Crippen LogP contribution in [-0.4, -0.2) is 71.8 Å². The second-order valence-corrected chi connectivity index (χ2v) is 19.4. The van der Waals surface area contributed by atoms with Crippen LogP contribution in [0.4, 0.5) is 0 Å². The van der Waals surface area contributed by atoms with Gasteiger partial charge in [0.25, 0.3) is 0 Å². The molecule has 5 saturated carbocycles. The van der Waals surface area contributed by atoms with Gasteiger partial charge in [-0.25, -0.2) is 0 Å². The van der Waals surface area contributed by atoms with Crippen LogP contribution >= 0.6 is 0 Å². The molecule has 0 unspecified atom stereocenters. The Labute approximate surface area is 294 Å². The highest BCUT2D eigenvalue weighted by atomic mass is 16.3. The smallest absolute Gasteiger partial charge is 0.0594 e. The van der Waals surface area contributed by atoms with Crippen molar-refractivity contribution in [1.29, 1.82) is 0 Å². The predicted molar refractivity (Wildman–Crippen MR) is 198 cm³/mol. The fraction of sp³-hybridized carbons (Fsp3) is 0.837. The zero-order valence-corrected chi connectivity index (χ0v) is 31.7. The normalized spacial score (nSPS) is 44.3. The molecule has 268 valence electrons. The first-order valence-electron chi connectivity index (χ1n) is 20.2. The third-order valence-electron chi connectivity index (χ3n) is 17.2. The number of hydrogen-bond acceptors (Lipinski definition) is 5. The number of rotatable bonds is 9. The number of fused-ring (bicyclic) bond motifs is 7. The highest BCUT2D eigenvalue weighted by Gasteiger charge is 2.70. The van der Waals surface area contributed by atoms with Crippen molar-refractivity contribution in [2.45, 2.75) is 125 Å². The highest BCUT2D eigenvalue weighted by Crippen LogP contribution is 2.77. The Morgan fingerprint density at radius 2 is 1.62 bits per heavy atom. The maximum Gasteiger partial charge on any atom is 0.0594 e. The summed E-state index contributed by atoms with van der Waals surface area (Å²) in [6.45, 7) is 29.0. The maximum absolute atomic E-state index is 11.1. The molecule has 0 amide bonds. The summed E-state index contributed by atoms with van der Waals surface area (Å²) < 4.78 is 0. The third-order valence-corrected chi connectivity index (χ3v) is 17.2. The molecule has 1 aromatic rings. The SMILES string of the molecule is C=C(C)[C@@H]1CC[C@]2(CCNCCN3CCN(Cc4ccccn4)CC3)CC[C@]3(C)[C@H](CC[C@@H]4[C@@]5(C)CC[C@H](O)C(C)(C)[C@@H]5CC[C@]43C)[C@@H]12. The molecule has 0 aromatic carbocycles. The van der Waals surface area contributed by atoms with Crippen molar-refractivity contribution in [2.24, 2.45) is 56.7 Å². The van der Waals surface area contributed by atoms with Gasteiger partial charge in [0.1, 0.15) is 0 Å². The van der Waals surface area contributed by atoms with Gasteiger partial charge in [-0.2, -0.15) is 0 Å². The zero-order valence-electron chi connectivity index (χ0n) is 31.7. The van der Waals surface area contributed by atoms with E-state index < -0.39 is 0 Å². The van der Waals surface area contributed by atoms with Crippen LogP contribution in [0, 0.1) is 56.7 Å². The number of allylic oxidation sites excluding steroid dienone is 1. The molecule has 5 aliphatic carbocycles. The van der Waals surface area contributed by atoms with E-state index in [0.717, 1.165) is 56.9 Å². The summed E-state index contributed by atoms with van der Waals surface area (Å²) in [7, 11) is 0. The lowest BCUT2D eigenvalue weighted by Gasteiger charge is -2.73. The van der Waals surface area contributed by atoms with Crippen LogP contribution in [0.3, 0.4) is 0 Å². The molecule has 2 N–H and O–H groups in total. The number of piperazine rings is 1. The molecule has 6 aliphatic rings. The maximum atomic E-state index is 11.1. The van der Waals surface area contributed by atoms with Crippen molar-refractivity contribution in [3.05, 3.63) is 42.2 Å². The van der Waals surface area contributed by atoms with Crippen molar-refractivity contribution < 1.29 is 5.11 Å². The Morgan fingerprint density at radius 3 is 2.35 bits per heavy atom. The van der Waals surface area contributed by atoms with Gasteiger partial charge >= 0.3 is 0 Å². The molecule has 6 fully saturated rings. The molecular formula is C43H70N4O. The van der Waals surface area contributed by atoms with E-state index in [1.807, 2.05) is 12.3 Å². The van der Waals surface area contributed by atoms with E-state index in [-0.39, 0.29) is 11.5 Å². The summed E-state index contributed by atoms with van der Waals surface area (Å²) in [5.74, 6) is 3.75. The monoisotopic (exact) mass is 659 g/mol. The van der Waals surface area contributed by atoms with E-state index >= 15 is 0 Å². The Kier molecular flexibility index (Phi) is 9.56. The lowest BCUT2D eigenvalue weighted by molar-refractivity contribution is -0.247. The molecule has 1 aromatic heterocycles. The van der Waals surface area contributed by atoms with Gasteiger partial charge in [-0.15, -0.1) is 0 Å². The van der Waals surface area contributed by atoms with Gasteiger partial charge in [-0.3, -0.25) is 14.8 Å². The summed E-state index contributed by atoms with van der Waals surface area (Å²) in [4.78, 5) is 9.74.